The molecule has 3 saturated carbocycles. The first kappa shape index (κ1) is 24.0. The molecule has 1 aliphatic heterocycles. The summed E-state index contributed by atoms with van der Waals surface area (Å²) in [5, 5.41) is 6.56. The summed E-state index contributed by atoms with van der Waals surface area (Å²) in [6.07, 6.45) is 8.58. The summed E-state index contributed by atoms with van der Waals surface area (Å²) in [6, 6.07) is 8.82. The first-order valence-electron chi connectivity index (χ1n) is 11.3. The number of amides is 1. The molecule has 0 radical (unpaired) electrons. The minimum atomic E-state index is -0.168. The third-order valence-corrected chi connectivity index (χ3v) is 7.72. The lowest BCUT2D eigenvalue weighted by atomic mass is 9.51. The van der Waals surface area contributed by atoms with Gasteiger partial charge in [0, 0.05) is 43.4 Å². The molecule has 7 heteroatoms. The van der Waals surface area contributed by atoms with Gasteiger partial charge in [0.1, 0.15) is 0 Å². The van der Waals surface area contributed by atoms with Crippen molar-refractivity contribution in [3.8, 4) is 0 Å². The molecule has 0 spiro atoms. The number of rotatable bonds is 7. The van der Waals surface area contributed by atoms with Crippen LogP contribution in [0.25, 0.3) is 0 Å². The highest BCUT2D eigenvalue weighted by atomic mass is 35.5. The first-order valence-corrected chi connectivity index (χ1v) is 11.3. The lowest BCUT2D eigenvalue weighted by molar-refractivity contribution is -0.139. The maximum Gasteiger partial charge on any atom is 0.226 e. The second-order valence-corrected chi connectivity index (χ2v) is 9.32. The Morgan fingerprint density at radius 1 is 1.10 bits per heavy atom. The molecule has 4 fully saturated rings. The van der Waals surface area contributed by atoms with E-state index >= 15 is 0 Å². The van der Waals surface area contributed by atoms with Gasteiger partial charge in [0.25, 0.3) is 0 Å². The molecule has 3 aliphatic carbocycles. The van der Waals surface area contributed by atoms with Gasteiger partial charge in [-0.25, -0.2) is 4.39 Å². The maximum atomic E-state index is 13.1. The molecule has 31 heavy (non-hydrogen) atoms. The van der Waals surface area contributed by atoms with E-state index in [1.807, 2.05) is 0 Å². The Morgan fingerprint density at radius 3 is 2.26 bits per heavy atom. The van der Waals surface area contributed by atoms with Crippen LogP contribution in [0.3, 0.4) is 0 Å². The zero-order valence-electron chi connectivity index (χ0n) is 18.1. The molecule has 0 aromatic heterocycles. The minimum Gasteiger partial charge on any atom is -0.381 e. The van der Waals surface area contributed by atoms with Gasteiger partial charge in [-0.2, -0.15) is 0 Å². The van der Waals surface area contributed by atoms with Crippen LogP contribution < -0.4 is 16.4 Å². The molecule has 4 aliphatic rings. The molecule has 4 N–H and O–H groups in total. The van der Waals surface area contributed by atoms with Crippen LogP contribution >= 0.6 is 12.4 Å². The number of hydrogen-bond donors (Lipinski definition) is 3. The van der Waals surface area contributed by atoms with Crippen molar-refractivity contribution in [3.05, 3.63) is 41.7 Å². The minimum absolute atomic E-state index is 0. The third kappa shape index (κ3) is 5.07. The largest absolute Gasteiger partial charge is 0.381 e. The van der Waals surface area contributed by atoms with E-state index in [1.54, 1.807) is 0 Å². The second-order valence-electron chi connectivity index (χ2n) is 9.32. The van der Waals surface area contributed by atoms with Gasteiger partial charge in [-0.15, -0.1) is 12.4 Å². The fraction of sp³-hybridized carbons (Fsp3) is 0.625. The zero-order valence-corrected chi connectivity index (χ0v) is 18.9. The van der Waals surface area contributed by atoms with Crippen molar-refractivity contribution >= 4 is 24.0 Å². The number of carbonyl (C=O) groups excluding carboxylic acids is 1. The quantitative estimate of drug-likeness (QED) is 0.580. The van der Waals surface area contributed by atoms with Crippen molar-refractivity contribution < 1.29 is 13.9 Å². The summed E-state index contributed by atoms with van der Waals surface area (Å²) in [5.41, 5.74) is 8.43. The maximum absolute atomic E-state index is 13.1. The van der Waals surface area contributed by atoms with Crippen molar-refractivity contribution in [3.63, 3.8) is 0 Å². The van der Waals surface area contributed by atoms with Gasteiger partial charge in [0.05, 0.1) is 6.33 Å². The average molecular weight is 452 g/mol. The summed E-state index contributed by atoms with van der Waals surface area (Å²) in [5.74, 6) is 0.277. The average Bonchev–Trinajstić information content (AvgIpc) is 2.82. The molecular weight excluding hydrogens is 417 g/mol. The van der Waals surface area contributed by atoms with Crippen LogP contribution in [-0.2, 0) is 14.9 Å². The highest BCUT2D eigenvalue weighted by molar-refractivity contribution is 5.85. The van der Waals surface area contributed by atoms with Crippen molar-refractivity contribution in [2.24, 2.45) is 11.1 Å². The van der Waals surface area contributed by atoms with E-state index in [-0.39, 0.29) is 41.7 Å². The van der Waals surface area contributed by atoms with Gasteiger partial charge in [-0.3, -0.25) is 4.79 Å². The summed E-state index contributed by atoms with van der Waals surface area (Å²) in [7, 11) is 0. The van der Waals surface area contributed by atoms with E-state index in [2.05, 4.69) is 34.9 Å². The van der Waals surface area contributed by atoms with Crippen LogP contribution in [0.4, 0.5) is 10.1 Å². The smallest absolute Gasteiger partial charge is 0.226 e. The van der Waals surface area contributed by atoms with Gasteiger partial charge >= 0.3 is 0 Å². The number of anilines is 1. The Morgan fingerprint density at radius 2 is 1.71 bits per heavy atom. The molecule has 1 heterocycles. The highest BCUT2D eigenvalue weighted by Gasteiger charge is 2.53. The lowest BCUT2D eigenvalue weighted by Crippen LogP contribution is -2.54. The summed E-state index contributed by atoms with van der Waals surface area (Å²) in [4.78, 5) is 13.1. The molecular formula is C24H35ClFN3O2. The SMILES string of the molecule is Cl.NC/C(=C\F)CNc1ccc(C23CCC(C(=O)NC4CCOCC4)(CC2)CC3)cc1. The molecule has 1 amide bonds. The number of halogens is 2. The fourth-order valence-corrected chi connectivity index (χ4v) is 5.45. The Labute approximate surface area is 190 Å². The van der Waals surface area contributed by atoms with Crippen LogP contribution in [0.2, 0.25) is 0 Å². The van der Waals surface area contributed by atoms with Crippen LogP contribution in [0.1, 0.15) is 56.9 Å². The lowest BCUT2D eigenvalue weighted by Gasteiger charge is -2.53. The summed E-state index contributed by atoms with van der Waals surface area (Å²) in [6.45, 7) is 2.14. The normalized spacial score (nSPS) is 28.6. The first-order chi connectivity index (χ1) is 14.6. The Bertz CT molecular complexity index is 753. The molecule has 0 unspecified atom stereocenters. The molecule has 172 valence electrons. The van der Waals surface area contributed by atoms with Crippen molar-refractivity contribution in [1.29, 1.82) is 0 Å². The Hall–Kier alpha value is -1.63. The van der Waals surface area contributed by atoms with Gasteiger partial charge in [-0.1, -0.05) is 12.1 Å². The van der Waals surface area contributed by atoms with Gasteiger partial charge in [0.2, 0.25) is 5.91 Å². The molecule has 1 saturated heterocycles. The second kappa shape index (κ2) is 10.3. The number of nitrogens with one attached hydrogen (secondary N) is 2. The molecule has 1 aromatic carbocycles. The van der Waals surface area contributed by atoms with E-state index in [4.69, 9.17) is 10.5 Å². The topological polar surface area (TPSA) is 76.4 Å². The van der Waals surface area contributed by atoms with E-state index < -0.39 is 0 Å². The van der Waals surface area contributed by atoms with E-state index in [0.717, 1.165) is 70.3 Å². The van der Waals surface area contributed by atoms with Gasteiger partial charge < -0.3 is 21.1 Å². The predicted molar refractivity (Wildman–Crippen MR) is 124 cm³/mol. The molecule has 0 atom stereocenters. The van der Waals surface area contributed by atoms with E-state index in [9.17, 15) is 9.18 Å². The Balaban J connectivity index is 0.00000272. The zero-order chi connectivity index (χ0) is 21.0. The molecule has 5 rings (SSSR count). The van der Waals surface area contributed by atoms with Crippen molar-refractivity contribution in [2.75, 3.05) is 31.6 Å². The summed E-state index contributed by atoms with van der Waals surface area (Å²) >= 11 is 0. The van der Waals surface area contributed by atoms with Gasteiger partial charge in [0.15, 0.2) is 0 Å². The standard InChI is InChI=1S/C24H34FN3O2.ClH/c25-15-18(16-26)17-27-20-3-1-19(2-4-20)23-7-10-24(11-8-23,12-9-23)22(29)28-21-5-13-30-14-6-21;/h1-4,15,21,27H,5-14,16-17,26H2,(H,28,29);1H/b18-15+;. The number of fused-ring (bicyclic) bond motifs is 3. The number of nitrogens with two attached hydrogens (primary N) is 1. The Kier molecular flexibility index (Phi) is 8.00. The number of hydrogen-bond acceptors (Lipinski definition) is 4. The van der Waals surface area contributed by atoms with Crippen LogP contribution in [0.15, 0.2) is 36.2 Å². The summed E-state index contributed by atoms with van der Waals surface area (Å²) < 4.78 is 18.1. The monoisotopic (exact) mass is 451 g/mol. The van der Waals surface area contributed by atoms with E-state index in [1.165, 1.54) is 5.56 Å². The molecule has 1 aromatic rings. The third-order valence-electron chi connectivity index (χ3n) is 7.72. The fourth-order valence-electron chi connectivity index (χ4n) is 5.45. The predicted octanol–water partition coefficient (Wildman–Crippen LogP) is 4.22. The number of benzene rings is 1. The van der Waals surface area contributed by atoms with Crippen molar-refractivity contribution in [1.82, 2.24) is 5.32 Å². The molecule has 2 bridgehead atoms. The number of carbonyl (C=O) groups is 1. The highest BCUT2D eigenvalue weighted by Crippen LogP contribution is 2.58. The number of ether oxygens (including phenoxy) is 1. The van der Waals surface area contributed by atoms with Crippen LogP contribution in [-0.4, -0.2) is 38.3 Å². The van der Waals surface area contributed by atoms with Crippen molar-refractivity contribution in [2.45, 2.75) is 62.8 Å². The van der Waals surface area contributed by atoms with Crippen LogP contribution in [0.5, 0.6) is 0 Å². The van der Waals surface area contributed by atoms with Crippen LogP contribution in [0, 0.1) is 5.41 Å². The van der Waals surface area contributed by atoms with Gasteiger partial charge in [-0.05, 0) is 80.1 Å². The van der Waals surface area contributed by atoms with E-state index in [0.29, 0.717) is 18.4 Å². The molecule has 5 nitrogen and oxygen atoms in total.